The Morgan fingerprint density at radius 2 is 1.79 bits per heavy atom. The van der Waals surface area contributed by atoms with Crippen LogP contribution in [0, 0.1) is 5.82 Å². The fourth-order valence-corrected chi connectivity index (χ4v) is 3.79. The van der Waals surface area contributed by atoms with Crippen molar-refractivity contribution in [2.75, 3.05) is 36.4 Å². The lowest BCUT2D eigenvalue weighted by Crippen LogP contribution is -2.49. The molecule has 0 bridgehead atoms. The molecule has 1 saturated heterocycles. The fourth-order valence-electron chi connectivity index (χ4n) is 3.79. The van der Waals surface area contributed by atoms with E-state index in [1.807, 2.05) is 4.90 Å². The molecule has 7 nitrogen and oxygen atoms in total. The number of benzene rings is 1. The first kappa shape index (κ1) is 21.4. The first-order valence-electron chi connectivity index (χ1n) is 10.6. The third-order valence-corrected chi connectivity index (χ3v) is 5.76. The smallest absolute Gasteiger partial charge is 0.364 e. The summed E-state index contributed by atoms with van der Waals surface area (Å²) < 4.78 is 52.6. The van der Waals surface area contributed by atoms with E-state index in [0.29, 0.717) is 42.4 Å². The van der Waals surface area contributed by atoms with Crippen LogP contribution in [0.25, 0.3) is 11.0 Å². The van der Waals surface area contributed by atoms with Gasteiger partial charge in [0.25, 0.3) is 5.91 Å². The molecular weight excluding hydrogens is 440 g/mol. The highest BCUT2D eigenvalue weighted by Gasteiger charge is 2.33. The van der Waals surface area contributed by atoms with E-state index >= 15 is 0 Å². The van der Waals surface area contributed by atoms with E-state index in [1.54, 1.807) is 18.5 Å². The van der Waals surface area contributed by atoms with Crippen molar-refractivity contribution >= 4 is 28.6 Å². The predicted octanol–water partition coefficient (Wildman–Crippen LogP) is 3.72. The van der Waals surface area contributed by atoms with Crippen LogP contribution in [0.5, 0.6) is 0 Å². The number of hydrogen-bond donors (Lipinski definition) is 1. The average Bonchev–Trinajstić information content (AvgIpc) is 3.62. The summed E-state index contributed by atoms with van der Waals surface area (Å²) in [6.45, 7) is 1.39. The minimum Gasteiger partial charge on any atom is -0.364 e. The topological polar surface area (TPSA) is 74.2 Å². The molecule has 1 saturated carbocycles. The fraction of sp³-hybridized carbons (Fsp3) is 0.364. The third kappa shape index (κ3) is 4.39. The summed E-state index contributed by atoms with van der Waals surface area (Å²) in [6, 6.07) is 4.13. The number of piperazine rings is 1. The standard InChI is InChI=1S/C22H20F4N6O/c23-16-11-13(22(24,25)26)1-4-15(16)21(33)32-9-7-31(8-10-32)20-19(28-14-2-3-14)29-17-5-6-27-12-18(17)30-20/h1,4-6,11-12,14H,2-3,7-10H2,(H,28,29). The molecule has 33 heavy (non-hydrogen) atoms. The van der Waals surface area contributed by atoms with Gasteiger partial charge in [-0.2, -0.15) is 13.2 Å². The summed E-state index contributed by atoms with van der Waals surface area (Å²) in [5.41, 5.74) is -0.117. The summed E-state index contributed by atoms with van der Waals surface area (Å²) in [6.07, 6.45) is 0.756. The van der Waals surface area contributed by atoms with E-state index in [0.717, 1.165) is 30.5 Å². The number of nitrogens with one attached hydrogen (secondary N) is 1. The first-order valence-corrected chi connectivity index (χ1v) is 10.6. The summed E-state index contributed by atoms with van der Waals surface area (Å²) >= 11 is 0. The highest BCUT2D eigenvalue weighted by atomic mass is 19.4. The summed E-state index contributed by atoms with van der Waals surface area (Å²) in [7, 11) is 0. The van der Waals surface area contributed by atoms with Crippen molar-refractivity contribution in [3.8, 4) is 0 Å². The number of alkyl halides is 3. The van der Waals surface area contributed by atoms with Gasteiger partial charge in [-0.05, 0) is 37.1 Å². The van der Waals surface area contributed by atoms with E-state index < -0.39 is 23.5 Å². The Kier molecular flexibility index (Phi) is 5.26. The van der Waals surface area contributed by atoms with E-state index in [4.69, 9.17) is 9.97 Å². The van der Waals surface area contributed by atoms with Crippen molar-refractivity contribution < 1.29 is 22.4 Å². The largest absolute Gasteiger partial charge is 0.416 e. The van der Waals surface area contributed by atoms with Crippen LogP contribution in [0.15, 0.2) is 36.7 Å². The van der Waals surface area contributed by atoms with Gasteiger partial charge in [-0.1, -0.05) is 0 Å². The molecule has 1 N–H and O–H groups in total. The van der Waals surface area contributed by atoms with Crippen LogP contribution < -0.4 is 10.2 Å². The van der Waals surface area contributed by atoms with Gasteiger partial charge in [-0.3, -0.25) is 9.78 Å². The maximum Gasteiger partial charge on any atom is 0.416 e. The molecule has 3 heterocycles. The Hall–Kier alpha value is -3.50. The van der Waals surface area contributed by atoms with Gasteiger partial charge in [-0.25, -0.2) is 14.4 Å². The van der Waals surface area contributed by atoms with Gasteiger partial charge in [0.1, 0.15) is 11.3 Å². The molecule has 172 valence electrons. The second-order valence-corrected chi connectivity index (χ2v) is 8.15. The highest BCUT2D eigenvalue weighted by Crippen LogP contribution is 2.32. The lowest BCUT2D eigenvalue weighted by atomic mass is 10.1. The predicted molar refractivity (Wildman–Crippen MR) is 113 cm³/mol. The number of carbonyl (C=O) groups is 1. The molecule has 2 aliphatic rings. The molecule has 3 aromatic rings. The zero-order valence-corrected chi connectivity index (χ0v) is 17.4. The molecule has 0 unspecified atom stereocenters. The van der Waals surface area contributed by atoms with Crippen molar-refractivity contribution in [1.29, 1.82) is 0 Å². The Bertz CT molecular complexity index is 1210. The minimum absolute atomic E-state index is 0.273. The maximum absolute atomic E-state index is 14.3. The number of carbonyl (C=O) groups excluding carboxylic acids is 1. The van der Waals surface area contributed by atoms with Crippen LogP contribution >= 0.6 is 0 Å². The molecule has 0 atom stereocenters. The van der Waals surface area contributed by atoms with Gasteiger partial charge in [0, 0.05) is 38.4 Å². The minimum atomic E-state index is -4.67. The van der Waals surface area contributed by atoms with Crippen LogP contribution in [0.2, 0.25) is 0 Å². The lowest BCUT2D eigenvalue weighted by molar-refractivity contribution is -0.137. The Labute approximate surface area is 186 Å². The molecule has 2 fully saturated rings. The Morgan fingerprint density at radius 3 is 2.45 bits per heavy atom. The second kappa shape index (κ2) is 8.13. The van der Waals surface area contributed by atoms with Crippen LogP contribution in [-0.4, -0.2) is 58.0 Å². The molecule has 0 radical (unpaired) electrons. The molecule has 5 rings (SSSR count). The molecule has 1 aliphatic carbocycles. The SMILES string of the molecule is O=C(c1ccc(C(F)(F)F)cc1F)N1CCN(c2nc3cnccc3nc2NC2CC2)CC1. The quantitative estimate of drug-likeness (QED) is 0.599. The molecule has 1 amide bonds. The molecule has 11 heteroatoms. The van der Waals surface area contributed by atoms with Gasteiger partial charge in [0.2, 0.25) is 0 Å². The van der Waals surface area contributed by atoms with E-state index in [9.17, 15) is 22.4 Å². The first-order chi connectivity index (χ1) is 15.8. The monoisotopic (exact) mass is 460 g/mol. The molecule has 2 aromatic heterocycles. The van der Waals surface area contributed by atoms with Crippen molar-refractivity contribution in [1.82, 2.24) is 19.9 Å². The average molecular weight is 460 g/mol. The highest BCUT2D eigenvalue weighted by molar-refractivity contribution is 5.94. The number of halogens is 4. The number of anilines is 2. The lowest BCUT2D eigenvalue weighted by Gasteiger charge is -2.36. The van der Waals surface area contributed by atoms with Crippen LogP contribution in [0.4, 0.5) is 29.2 Å². The molecule has 1 aliphatic heterocycles. The van der Waals surface area contributed by atoms with Gasteiger partial charge >= 0.3 is 6.18 Å². The van der Waals surface area contributed by atoms with Gasteiger partial charge in [-0.15, -0.1) is 0 Å². The Balaban J connectivity index is 1.33. The maximum atomic E-state index is 14.3. The number of pyridine rings is 1. The third-order valence-electron chi connectivity index (χ3n) is 5.76. The summed E-state index contributed by atoms with van der Waals surface area (Å²) in [4.78, 5) is 29.7. The van der Waals surface area contributed by atoms with Crippen LogP contribution in [0.3, 0.4) is 0 Å². The Morgan fingerprint density at radius 1 is 1.03 bits per heavy atom. The van der Waals surface area contributed by atoms with E-state index in [2.05, 4.69) is 10.3 Å². The van der Waals surface area contributed by atoms with Gasteiger partial charge < -0.3 is 15.1 Å². The zero-order valence-electron chi connectivity index (χ0n) is 17.4. The number of hydrogen-bond acceptors (Lipinski definition) is 6. The normalized spacial score (nSPS) is 16.8. The number of aromatic nitrogens is 3. The van der Waals surface area contributed by atoms with Crippen LogP contribution in [-0.2, 0) is 6.18 Å². The number of amides is 1. The van der Waals surface area contributed by atoms with Crippen molar-refractivity contribution in [3.63, 3.8) is 0 Å². The molecular formula is C22H20F4N6O. The summed E-state index contributed by atoms with van der Waals surface area (Å²) in [5.74, 6) is -0.480. The van der Waals surface area contributed by atoms with Gasteiger partial charge in [0.05, 0.1) is 22.8 Å². The summed E-state index contributed by atoms with van der Waals surface area (Å²) in [5, 5.41) is 3.40. The van der Waals surface area contributed by atoms with E-state index in [-0.39, 0.29) is 18.7 Å². The van der Waals surface area contributed by atoms with Crippen molar-refractivity contribution in [2.24, 2.45) is 0 Å². The number of fused-ring (bicyclic) bond motifs is 1. The second-order valence-electron chi connectivity index (χ2n) is 8.15. The molecule has 0 spiro atoms. The van der Waals surface area contributed by atoms with Crippen molar-refractivity contribution in [2.45, 2.75) is 25.1 Å². The van der Waals surface area contributed by atoms with Gasteiger partial charge in [0.15, 0.2) is 11.6 Å². The van der Waals surface area contributed by atoms with Crippen molar-refractivity contribution in [3.05, 3.63) is 53.6 Å². The van der Waals surface area contributed by atoms with Crippen LogP contribution in [0.1, 0.15) is 28.8 Å². The number of rotatable bonds is 4. The number of nitrogens with zero attached hydrogens (tertiary/aromatic N) is 5. The van der Waals surface area contributed by atoms with E-state index in [1.165, 1.54) is 4.90 Å². The molecule has 1 aromatic carbocycles. The zero-order chi connectivity index (χ0) is 23.2.